The van der Waals surface area contributed by atoms with Crippen LogP contribution in [0.5, 0.6) is 0 Å². The Morgan fingerprint density at radius 1 is 0.902 bits per heavy atom. The van der Waals surface area contributed by atoms with E-state index >= 15 is 0 Å². The quantitative estimate of drug-likeness (QED) is 0.255. The van der Waals surface area contributed by atoms with E-state index in [-0.39, 0.29) is 23.3 Å². The maximum Gasteiger partial charge on any atom is 0.264 e. The highest BCUT2D eigenvalue weighted by molar-refractivity contribution is 7.92. The molecule has 41 heavy (non-hydrogen) atoms. The normalized spacial score (nSPS) is 12.2. The minimum absolute atomic E-state index is 0.0373. The standard InChI is InChI=1S/C31H37Cl2N3O4S/c1-6-29(31(38)34-18-21(2)3)35(19-24-12-15-27(32)28(33)17-24)30(37)20-36(25-9-7-8-23(5)16-25)41(39,40)26-13-10-22(4)11-14-26/h7-17,21,29H,6,18-20H2,1-5H3,(H,34,38)/t29-/m1/s1. The Morgan fingerprint density at radius 2 is 1.59 bits per heavy atom. The van der Waals surface area contributed by atoms with Gasteiger partial charge >= 0.3 is 0 Å². The summed E-state index contributed by atoms with van der Waals surface area (Å²) in [5.74, 6) is -0.620. The predicted molar refractivity (Wildman–Crippen MR) is 166 cm³/mol. The summed E-state index contributed by atoms with van der Waals surface area (Å²) in [6.07, 6.45) is 0.326. The summed E-state index contributed by atoms with van der Waals surface area (Å²) >= 11 is 12.4. The van der Waals surface area contributed by atoms with Gasteiger partial charge in [0.15, 0.2) is 0 Å². The minimum Gasteiger partial charge on any atom is -0.354 e. The maximum atomic E-state index is 14.1. The Morgan fingerprint density at radius 3 is 2.17 bits per heavy atom. The van der Waals surface area contributed by atoms with Gasteiger partial charge in [0, 0.05) is 13.1 Å². The van der Waals surface area contributed by atoms with E-state index in [2.05, 4.69) is 5.32 Å². The second-order valence-electron chi connectivity index (χ2n) is 10.5. The molecule has 1 atom stereocenters. The molecule has 0 aromatic heterocycles. The van der Waals surface area contributed by atoms with Crippen molar-refractivity contribution in [2.24, 2.45) is 5.92 Å². The van der Waals surface area contributed by atoms with Gasteiger partial charge in [-0.25, -0.2) is 8.42 Å². The smallest absolute Gasteiger partial charge is 0.264 e. The number of nitrogens with zero attached hydrogens (tertiary/aromatic N) is 2. The Hall–Kier alpha value is -3.07. The third kappa shape index (κ3) is 8.47. The van der Waals surface area contributed by atoms with Crippen LogP contribution < -0.4 is 9.62 Å². The molecule has 0 saturated carbocycles. The van der Waals surface area contributed by atoms with Gasteiger partial charge < -0.3 is 10.2 Å². The average Bonchev–Trinajstić information content (AvgIpc) is 2.92. The molecule has 10 heteroatoms. The molecule has 2 amide bonds. The highest BCUT2D eigenvalue weighted by atomic mass is 35.5. The van der Waals surface area contributed by atoms with Crippen LogP contribution in [-0.2, 0) is 26.2 Å². The third-order valence-corrected chi connectivity index (χ3v) is 9.11. The van der Waals surface area contributed by atoms with E-state index in [0.717, 1.165) is 15.4 Å². The lowest BCUT2D eigenvalue weighted by atomic mass is 10.1. The fourth-order valence-corrected chi connectivity index (χ4v) is 6.05. The van der Waals surface area contributed by atoms with Crippen molar-refractivity contribution in [1.29, 1.82) is 0 Å². The number of hydrogen-bond acceptors (Lipinski definition) is 4. The van der Waals surface area contributed by atoms with Gasteiger partial charge in [-0.3, -0.25) is 13.9 Å². The van der Waals surface area contributed by atoms with Crippen molar-refractivity contribution >= 4 is 50.7 Å². The highest BCUT2D eigenvalue weighted by Crippen LogP contribution is 2.27. The van der Waals surface area contributed by atoms with Crippen LogP contribution in [0.25, 0.3) is 0 Å². The lowest BCUT2D eigenvalue weighted by Crippen LogP contribution is -2.52. The fourth-order valence-electron chi connectivity index (χ4n) is 4.33. The van der Waals surface area contributed by atoms with Crippen LogP contribution in [0.2, 0.25) is 10.0 Å². The number of carbonyl (C=O) groups is 2. The number of sulfonamides is 1. The van der Waals surface area contributed by atoms with Gasteiger partial charge in [0.1, 0.15) is 12.6 Å². The van der Waals surface area contributed by atoms with Crippen LogP contribution in [0.1, 0.15) is 43.9 Å². The van der Waals surface area contributed by atoms with E-state index in [1.807, 2.05) is 40.7 Å². The predicted octanol–water partition coefficient (Wildman–Crippen LogP) is 6.39. The molecular formula is C31H37Cl2N3O4S. The number of amides is 2. The molecule has 0 aliphatic carbocycles. The molecule has 1 N–H and O–H groups in total. The summed E-state index contributed by atoms with van der Waals surface area (Å²) in [5, 5.41) is 3.60. The van der Waals surface area contributed by atoms with Crippen molar-refractivity contribution in [2.45, 2.75) is 58.5 Å². The fraction of sp³-hybridized carbons (Fsp3) is 0.355. The van der Waals surface area contributed by atoms with Crippen LogP contribution in [0.15, 0.2) is 71.6 Å². The molecule has 3 aromatic rings. The summed E-state index contributed by atoms with van der Waals surface area (Å²) in [4.78, 5) is 28.9. The van der Waals surface area contributed by atoms with E-state index in [0.29, 0.717) is 34.3 Å². The van der Waals surface area contributed by atoms with Crippen molar-refractivity contribution in [3.05, 3.63) is 93.5 Å². The van der Waals surface area contributed by atoms with E-state index in [4.69, 9.17) is 23.2 Å². The summed E-state index contributed by atoms with van der Waals surface area (Å²) in [6, 6.07) is 17.6. The first kappa shape index (κ1) is 32.4. The molecular weight excluding hydrogens is 581 g/mol. The van der Waals surface area contributed by atoms with Crippen LogP contribution >= 0.6 is 23.2 Å². The first-order valence-electron chi connectivity index (χ1n) is 13.5. The zero-order valence-electron chi connectivity index (χ0n) is 24.0. The zero-order valence-corrected chi connectivity index (χ0v) is 26.4. The average molecular weight is 619 g/mol. The summed E-state index contributed by atoms with van der Waals surface area (Å²) in [7, 11) is -4.13. The van der Waals surface area contributed by atoms with Crippen molar-refractivity contribution < 1.29 is 18.0 Å². The number of hydrogen-bond donors (Lipinski definition) is 1. The van der Waals surface area contributed by atoms with E-state index in [9.17, 15) is 18.0 Å². The molecule has 0 spiro atoms. The van der Waals surface area contributed by atoms with Crippen LogP contribution in [-0.4, -0.2) is 44.3 Å². The monoisotopic (exact) mass is 617 g/mol. The molecule has 0 bridgehead atoms. The van der Waals surface area contributed by atoms with Crippen molar-refractivity contribution in [1.82, 2.24) is 10.2 Å². The molecule has 0 saturated heterocycles. The number of anilines is 1. The van der Waals surface area contributed by atoms with E-state index < -0.39 is 28.5 Å². The largest absolute Gasteiger partial charge is 0.354 e. The van der Waals surface area contributed by atoms with Crippen LogP contribution in [0.3, 0.4) is 0 Å². The van der Waals surface area contributed by atoms with Crippen molar-refractivity contribution in [3.8, 4) is 0 Å². The maximum absolute atomic E-state index is 14.1. The van der Waals surface area contributed by atoms with Gasteiger partial charge in [-0.05, 0) is 73.7 Å². The second kappa shape index (κ2) is 14.2. The van der Waals surface area contributed by atoms with Gasteiger partial charge in [0.25, 0.3) is 10.0 Å². The molecule has 220 valence electrons. The highest BCUT2D eigenvalue weighted by Gasteiger charge is 2.33. The SMILES string of the molecule is CC[C@H](C(=O)NCC(C)C)N(Cc1ccc(Cl)c(Cl)c1)C(=O)CN(c1cccc(C)c1)S(=O)(=O)c1ccc(C)cc1. The molecule has 3 rings (SSSR count). The van der Waals surface area contributed by atoms with Gasteiger partial charge in [-0.15, -0.1) is 0 Å². The number of halogens is 2. The van der Waals surface area contributed by atoms with Crippen LogP contribution in [0.4, 0.5) is 5.69 Å². The number of rotatable bonds is 12. The first-order valence-corrected chi connectivity index (χ1v) is 15.7. The lowest BCUT2D eigenvalue weighted by Gasteiger charge is -2.33. The molecule has 0 aliphatic rings. The molecule has 7 nitrogen and oxygen atoms in total. The third-order valence-electron chi connectivity index (χ3n) is 6.58. The van der Waals surface area contributed by atoms with Gasteiger partial charge in [-0.1, -0.05) is 79.9 Å². The number of aryl methyl sites for hydroxylation is 2. The van der Waals surface area contributed by atoms with Gasteiger partial charge in [0.2, 0.25) is 11.8 Å². The van der Waals surface area contributed by atoms with Crippen molar-refractivity contribution in [2.75, 3.05) is 17.4 Å². The number of carbonyl (C=O) groups excluding carboxylic acids is 2. The number of nitrogens with one attached hydrogen (secondary N) is 1. The zero-order chi connectivity index (χ0) is 30.3. The summed E-state index contributed by atoms with van der Waals surface area (Å²) in [6.45, 7) is 9.48. The lowest BCUT2D eigenvalue weighted by molar-refractivity contribution is -0.140. The molecule has 0 aliphatic heterocycles. The molecule has 3 aromatic carbocycles. The van der Waals surface area contributed by atoms with Gasteiger partial charge in [0.05, 0.1) is 20.6 Å². The van der Waals surface area contributed by atoms with Crippen molar-refractivity contribution in [3.63, 3.8) is 0 Å². The topological polar surface area (TPSA) is 86.8 Å². The Bertz CT molecular complexity index is 1480. The first-order chi connectivity index (χ1) is 19.3. The second-order valence-corrected chi connectivity index (χ2v) is 13.2. The summed E-state index contributed by atoms with van der Waals surface area (Å²) < 4.78 is 29.0. The molecule has 0 radical (unpaired) electrons. The minimum atomic E-state index is -4.13. The Balaban J connectivity index is 2.06. The molecule has 0 unspecified atom stereocenters. The van der Waals surface area contributed by atoms with Crippen LogP contribution in [0, 0.1) is 19.8 Å². The Labute approximate surface area is 253 Å². The molecule has 0 heterocycles. The Kier molecular flexibility index (Phi) is 11.2. The molecule has 0 fully saturated rings. The summed E-state index contributed by atoms with van der Waals surface area (Å²) in [5.41, 5.74) is 2.76. The van der Waals surface area contributed by atoms with E-state index in [1.165, 1.54) is 17.0 Å². The van der Waals surface area contributed by atoms with E-state index in [1.54, 1.807) is 48.5 Å². The van der Waals surface area contributed by atoms with Gasteiger partial charge in [-0.2, -0.15) is 0 Å². The number of benzene rings is 3.